The van der Waals surface area contributed by atoms with Gasteiger partial charge in [-0.15, -0.1) is 0 Å². The van der Waals surface area contributed by atoms with Crippen molar-refractivity contribution in [2.45, 2.75) is 26.3 Å². The fraction of sp³-hybridized carbons (Fsp3) is 0.200. The number of non-ortho nitro benzene ring substituents is 2. The van der Waals surface area contributed by atoms with Gasteiger partial charge in [0.1, 0.15) is 5.75 Å². The summed E-state index contributed by atoms with van der Waals surface area (Å²) in [6, 6.07) is 9.34. The van der Waals surface area contributed by atoms with Gasteiger partial charge in [-0.3, -0.25) is 20.2 Å². The molecule has 34 heavy (non-hydrogen) atoms. The van der Waals surface area contributed by atoms with Crippen LogP contribution in [0, 0.1) is 20.2 Å². The first kappa shape index (κ1) is 23.8. The zero-order chi connectivity index (χ0) is 24.9. The molecule has 3 aromatic rings. The van der Waals surface area contributed by atoms with E-state index in [4.69, 9.17) is 0 Å². The molecule has 0 spiro atoms. The van der Waals surface area contributed by atoms with E-state index in [-0.39, 0.29) is 46.1 Å². The highest BCUT2D eigenvalue weighted by Gasteiger charge is 2.15. The van der Waals surface area contributed by atoms with Crippen LogP contribution < -0.4 is 16.1 Å². The first-order valence-electron chi connectivity index (χ1n) is 9.82. The van der Waals surface area contributed by atoms with Gasteiger partial charge in [-0.25, -0.2) is 5.43 Å². The van der Waals surface area contributed by atoms with Gasteiger partial charge in [-0.1, -0.05) is 6.07 Å². The highest BCUT2D eigenvalue weighted by Crippen LogP contribution is 2.23. The summed E-state index contributed by atoms with van der Waals surface area (Å²) < 4.78 is 0. The highest BCUT2D eigenvalue weighted by molar-refractivity contribution is 5.84. The van der Waals surface area contributed by atoms with Crippen molar-refractivity contribution >= 4 is 41.1 Å². The zero-order valence-electron chi connectivity index (χ0n) is 18.4. The largest absolute Gasteiger partial charge is 0.507 e. The number of aromatic nitrogens is 3. The van der Waals surface area contributed by atoms with Gasteiger partial charge in [0.2, 0.25) is 17.8 Å². The van der Waals surface area contributed by atoms with E-state index in [1.807, 2.05) is 20.8 Å². The maximum absolute atomic E-state index is 11.0. The molecule has 14 nitrogen and oxygen atoms in total. The van der Waals surface area contributed by atoms with Gasteiger partial charge >= 0.3 is 0 Å². The summed E-state index contributed by atoms with van der Waals surface area (Å²) in [6.45, 7) is 5.71. The van der Waals surface area contributed by atoms with Crippen molar-refractivity contribution in [1.82, 2.24) is 15.0 Å². The minimum absolute atomic E-state index is 0.0100. The summed E-state index contributed by atoms with van der Waals surface area (Å²) >= 11 is 0. The number of phenolic OH excluding ortho intramolecular Hbond substituents is 1. The Labute approximate surface area is 193 Å². The van der Waals surface area contributed by atoms with Crippen LogP contribution in [0.15, 0.2) is 47.6 Å². The second kappa shape index (κ2) is 9.72. The fourth-order valence-electron chi connectivity index (χ4n) is 2.62. The van der Waals surface area contributed by atoms with Crippen LogP contribution in [-0.4, -0.2) is 41.7 Å². The Hall–Kier alpha value is -4.88. The number of anilines is 4. The number of hydrogen-bond acceptors (Lipinski definition) is 12. The number of nitro groups is 2. The molecule has 1 heterocycles. The lowest BCUT2D eigenvalue weighted by atomic mass is 10.1. The third kappa shape index (κ3) is 6.56. The molecule has 176 valence electrons. The number of nitrogens with zero attached hydrogens (tertiary/aromatic N) is 6. The number of rotatable bonds is 8. The number of benzene rings is 2. The Kier molecular flexibility index (Phi) is 6.80. The summed E-state index contributed by atoms with van der Waals surface area (Å²) in [5, 5.41) is 41.8. The molecule has 4 N–H and O–H groups in total. The van der Waals surface area contributed by atoms with Crippen molar-refractivity contribution in [3.8, 4) is 5.75 Å². The zero-order valence-corrected chi connectivity index (χ0v) is 18.4. The molecule has 3 rings (SSSR count). The molecular weight excluding hydrogens is 446 g/mol. The summed E-state index contributed by atoms with van der Waals surface area (Å²) in [5.41, 5.74) is 2.38. The standard InChI is InChI=1S/C20H21N9O5/c1-20(2,3)26-18-23-17(22-13-5-4-6-14(10-13)28(31)32)24-19(25-18)27-21-11-12-9-15(29(33)34)7-8-16(12)30/h4-11,30H,1-3H3,(H3,22,23,24,25,26,27). The monoisotopic (exact) mass is 467 g/mol. The van der Waals surface area contributed by atoms with E-state index < -0.39 is 9.85 Å². The summed E-state index contributed by atoms with van der Waals surface area (Å²) in [5.74, 6) is 0.0928. The van der Waals surface area contributed by atoms with Crippen LogP contribution in [0.1, 0.15) is 26.3 Å². The van der Waals surface area contributed by atoms with Gasteiger partial charge in [0.05, 0.1) is 16.1 Å². The molecule has 0 atom stereocenters. The Morgan fingerprint density at radius 3 is 2.26 bits per heavy atom. The van der Waals surface area contributed by atoms with Crippen LogP contribution in [0.25, 0.3) is 0 Å². The molecule has 0 saturated carbocycles. The maximum atomic E-state index is 11.0. The molecule has 0 saturated heterocycles. The Morgan fingerprint density at radius 2 is 1.59 bits per heavy atom. The van der Waals surface area contributed by atoms with Crippen molar-refractivity contribution in [2.24, 2.45) is 5.10 Å². The third-order valence-electron chi connectivity index (χ3n) is 4.03. The molecule has 0 radical (unpaired) electrons. The minimum Gasteiger partial charge on any atom is -0.507 e. The van der Waals surface area contributed by atoms with Crippen LogP contribution in [0.2, 0.25) is 0 Å². The number of phenols is 1. The van der Waals surface area contributed by atoms with E-state index in [1.54, 1.807) is 6.07 Å². The van der Waals surface area contributed by atoms with Gasteiger partial charge < -0.3 is 15.7 Å². The van der Waals surface area contributed by atoms with Crippen molar-refractivity contribution in [2.75, 3.05) is 16.1 Å². The number of aromatic hydroxyl groups is 1. The van der Waals surface area contributed by atoms with Crippen LogP contribution in [0.3, 0.4) is 0 Å². The molecule has 2 aromatic carbocycles. The number of hydrazone groups is 1. The topological polar surface area (TPSA) is 194 Å². The van der Waals surface area contributed by atoms with Crippen LogP contribution in [-0.2, 0) is 0 Å². The SMILES string of the molecule is CC(C)(C)Nc1nc(NN=Cc2cc([N+](=O)[O-])ccc2O)nc(Nc2cccc([N+](=O)[O-])c2)n1. The van der Waals surface area contributed by atoms with Crippen molar-refractivity contribution < 1.29 is 15.0 Å². The molecule has 0 aliphatic rings. The summed E-state index contributed by atoms with van der Waals surface area (Å²) in [7, 11) is 0. The van der Waals surface area contributed by atoms with Gasteiger partial charge in [0.25, 0.3) is 11.4 Å². The molecule has 0 aliphatic carbocycles. The fourth-order valence-corrected chi connectivity index (χ4v) is 2.62. The predicted molar refractivity (Wildman–Crippen MR) is 126 cm³/mol. The van der Waals surface area contributed by atoms with E-state index in [0.29, 0.717) is 5.69 Å². The van der Waals surface area contributed by atoms with Crippen LogP contribution in [0.5, 0.6) is 5.75 Å². The molecule has 14 heteroatoms. The van der Waals surface area contributed by atoms with E-state index in [1.165, 1.54) is 36.5 Å². The smallest absolute Gasteiger partial charge is 0.271 e. The average Bonchev–Trinajstić information content (AvgIpc) is 2.73. The summed E-state index contributed by atoms with van der Waals surface area (Å²) in [4.78, 5) is 33.6. The van der Waals surface area contributed by atoms with Crippen molar-refractivity contribution in [1.29, 1.82) is 0 Å². The lowest BCUT2D eigenvalue weighted by Gasteiger charge is -2.20. The average molecular weight is 467 g/mol. The second-order valence-electron chi connectivity index (χ2n) is 7.98. The van der Waals surface area contributed by atoms with Crippen LogP contribution in [0.4, 0.5) is 34.9 Å². The van der Waals surface area contributed by atoms with Gasteiger partial charge in [-0.05, 0) is 32.9 Å². The number of nitrogens with one attached hydrogen (secondary N) is 3. The Balaban J connectivity index is 1.88. The van der Waals surface area contributed by atoms with Gasteiger partial charge in [-0.2, -0.15) is 20.1 Å². The summed E-state index contributed by atoms with van der Waals surface area (Å²) in [6.07, 6.45) is 1.18. The molecule has 1 aromatic heterocycles. The lowest BCUT2D eigenvalue weighted by Crippen LogP contribution is -2.27. The second-order valence-corrected chi connectivity index (χ2v) is 7.98. The van der Waals surface area contributed by atoms with Crippen molar-refractivity contribution in [3.05, 3.63) is 68.3 Å². The quantitative estimate of drug-likeness (QED) is 0.214. The lowest BCUT2D eigenvalue weighted by molar-refractivity contribution is -0.385. The Bertz CT molecular complexity index is 1260. The first-order valence-corrected chi connectivity index (χ1v) is 9.82. The van der Waals surface area contributed by atoms with Crippen LogP contribution >= 0.6 is 0 Å². The van der Waals surface area contributed by atoms with E-state index >= 15 is 0 Å². The van der Waals surface area contributed by atoms with E-state index in [0.717, 1.165) is 6.07 Å². The van der Waals surface area contributed by atoms with Gasteiger partial charge in [0, 0.05) is 41.1 Å². The van der Waals surface area contributed by atoms with E-state index in [2.05, 4.69) is 36.1 Å². The Morgan fingerprint density at radius 1 is 0.941 bits per heavy atom. The molecule has 0 fully saturated rings. The minimum atomic E-state index is -0.591. The molecule has 0 unspecified atom stereocenters. The molecular formula is C20H21N9O5. The van der Waals surface area contributed by atoms with E-state index in [9.17, 15) is 25.3 Å². The maximum Gasteiger partial charge on any atom is 0.271 e. The molecule has 0 bridgehead atoms. The van der Waals surface area contributed by atoms with Gasteiger partial charge in [0.15, 0.2) is 0 Å². The highest BCUT2D eigenvalue weighted by atomic mass is 16.6. The third-order valence-corrected chi connectivity index (χ3v) is 4.03. The molecule has 0 aliphatic heterocycles. The number of hydrogen-bond donors (Lipinski definition) is 4. The normalized spacial score (nSPS) is 11.3. The first-order chi connectivity index (χ1) is 16.0. The molecule has 0 amide bonds. The van der Waals surface area contributed by atoms with Crippen molar-refractivity contribution in [3.63, 3.8) is 0 Å². The predicted octanol–water partition coefficient (Wildman–Crippen LogP) is 3.79. The number of nitro benzene ring substituents is 2.